The third kappa shape index (κ3) is 5.36. The van der Waals surface area contributed by atoms with E-state index >= 15 is 0 Å². The number of aryl methyl sites for hydroxylation is 1. The summed E-state index contributed by atoms with van der Waals surface area (Å²) in [6.07, 6.45) is -1.21. The molecule has 31 heavy (non-hydrogen) atoms. The minimum Gasteiger partial charge on any atom is -0.341 e. The number of alkyl halides is 3. The molecule has 2 heterocycles. The minimum atomic E-state index is -4.49. The van der Waals surface area contributed by atoms with Gasteiger partial charge in [-0.1, -0.05) is 18.2 Å². The summed E-state index contributed by atoms with van der Waals surface area (Å²) in [6, 6.07) is 8.59. The van der Waals surface area contributed by atoms with E-state index in [0.717, 1.165) is 6.07 Å². The number of amides is 1. The standard InChI is InChI=1S/C22H21F3N4O2/c1-14-17(21(31)28-20(27-14)15-9-11-26-12-10-15)7-8-19(30)29(2)13-16-5-3-4-6-18(16)22(23,24)25/h3-6,9-12H,7-8,13H2,1-2H3,(H,27,28,31). The van der Waals surface area contributed by atoms with Gasteiger partial charge < -0.3 is 9.88 Å². The van der Waals surface area contributed by atoms with Crippen molar-refractivity contribution in [2.45, 2.75) is 32.5 Å². The number of nitrogens with zero attached hydrogens (tertiary/aromatic N) is 3. The molecule has 9 heteroatoms. The molecule has 0 saturated carbocycles. The number of aromatic nitrogens is 3. The van der Waals surface area contributed by atoms with Gasteiger partial charge in [0.2, 0.25) is 5.91 Å². The largest absolute Gasteiger partial charge is 0.416 e. The van der Waals surface area contributed by atoms with Gasteiger partial charge in [-0.3, -0.25) is 14.6 Å². The highest BCUT2D eigenvalue weighted by Gasteiger charge is 2.33. The van der Waals surface area contributed by atoms with Gasteiger partial charge >= 0.3 is 6.18 Å². The van der Waals surface area contributed by atoms with Crippen LogP contribution < -0.4 is 5.56 Å². The maximum absolute atomic E-state index is 13.2. The summed E-state index contributed by atoms with van der Waals surface area (Å²) >= 11 is 0. The van der Waals surface area contributed by atoms with Crippen molar-refractivity contribution in [1.29, 1.82) is 0 Å². The number of halogens is 3. The molecule has 0 bridgehead atoms. The summed E-state index contributed by atoms with van der Waals surface area (Å²) in [7, 11) is 1.44. The lowest BCUT2D eigenvalue weighted by molar-refractivity contribution is -0.139. The lowest BCUT2D eigenvalue weighted by atomic mass is 10.1. The first-order chi connectivity index (χ1) is 14.7. The van der Waals surface area contributed by atoms with Gasteiger partial charge in [-0.25, -0.2) is 4.98 Å². The van der Waals surface area contributed by atoms with Crippen LogP contribution in [0.3, 0.4) is 0 Å². The Hall–Kier alpha value is -3.49. The first kappa shape index (κ1) is 22.2. The monoisotopic (exact) mass is 430 g/mol. The van der Waals surface area contributed by atoms with Crippen molar-refractivity contribution in [3.63, 3.8) is 0 Å². The fourth-order valence-corrected chi connectivity index (χ4v) is 3.25. The number of aromatic amines is 1. The van der Waals surface area contributed by atoms with E-state index in [9.17, 15) is 22.8 Å². The maximum atomic E-state index is 13.2. The molecule has 0 saturated heterocycles. The van der Waals surface area contributed by atoms with Gasteiger partial charge in [0, 0.05) is 49.2 Å². The highest BCUT2D eigenvalue weighted by Crippen LogP contribution is 2.32. The lowest BCUT2D eigenvalue weighted by Crippen LogP contribution is -2.28. The van der Waals surface area contributed by atoms with E-state index in [1.165, 1.54) is 30.1 Å². The molecule has 0 fully saturated rings. The molecule has 1 N–H and O–H groups in total. The zero-order chi connectivity index (χ0) is 22.6. The summed E-state index contributed by atoms with van der Waals surface area (Å²) in [5.41, 5.74) is 0.475. The first-order valence-electron chi connectivity index (χ1n) is 9.56. The number of pyridine rings is 1. The Morgan fingerprint density at radius 3 is 2.45 bits per heavy atom. The van der Waals surface area contributed by atoms with Gasteiger partial charge in [0.1, 0.15) is 5.82 Å². The average molecular weight is 430 g/mol. The van der Waals surface area contributed by atoms with Gasteiger partial charge in [0.15, 0.2) is 0 Å². The lowest BCUT2D eigenvalue weighted by Gasteiger charge is -2.20. The third-order valence-electron chi connectivity index (χ3n) is 4.92. The van der Waals surface area contributed by atoms with Crippen LogP contribution in [0, 0.1) is 6.92 Å². The van der Waals surface area contributed by atoms with Crippen LogP contribution >= 0.6 is 0 Å². The Balaban J connectivity index is 1.69. The smallest absolute Gasteiger partial charge is 0.341 e. The molecule has 0 aliphatic carbocycles. The van der Waals surface area contributed by atoms with Crippen molar-refractivity contribution >= 4 is 5.91 Å². The van der Waals surface area contributed by atoms with Crippen LogP contribution in [0.25, 0.3) is 11.4 Å². The van der Waals surface area contributed by atoms with Crippen LogP contribution in [-0.4, -0.2) is 32.8 Å². The molecule has 2 aromatic heterocycles. The molecular weight excluding hydrogens is 409 g/mol. The number of carbonyl (C=O) groups is 1. The van der Waals surface area contributed by atoms with E-state index in [1.54, 1.807) is 31.5 Å². The Kier molecular flexibility index (Phi) is 6.53. The number of nitrogens with one attached hydrogen (secondary N) is 1. The van der Waals surface area contributed by atoms with Gasteiger partial charge in [0.05, 0.1) is 5.56 Å². The zero-order valence-electron chi connectivity index (χ0n) is 17.0. The Bertz CT molecular complexity index is 1130. The van der Waals surface area contributed by atoms with E-state index in [0.29, 0.717) is 22.6 Å². The number of rotatable bonds is 6. The van der Waals surface area contributed by atoms with Gasteiger partial charge in [0.25, 0.3) is 5.56 Å². The second-order valence-corrected chi connectivity index (χ2v) is 7.12. The van der Waals surface area contributed by atoms with Crippen molar-refractivity contribution in [3.05, 3.63) is 81.5 Å². The summed E-state index contributed by atoms with van der Waals surface area (Å²) in [5.74, 6) is 0.0369. The molecule has 1 amide bonds. The Morgan fingerprint density at radius 1 is 1.13 bits per heavy atom. The molecule has 0 aliphatic rings. The van der Waals surface area contributed by atoms with Crippen LogP contribution in [-0.2, 0) is 23.9 Å². The van der Waals surface area contributed by atoms with E-state index in [2.05, 4.69) is 15.0 Å². The Labute approximate surface area is 176 Å². The highest BCUT2D eigenvalue weighted by atomic mass is 19.4. The van der Waals surface area contributed by atoms with E-state index in [-0.39, 0.29) is 36.4 Å². The fraction of sp³-hybridized carbons (Fsp3) is 0.273. The summed E-state index contributed by atoms with van der Waals surface area (Å²) < 4.78 is 39.5. The van der Waals surface area contributed by atoms with Crippen LogP contribution in [0.15, 0.2) is 53.6 Å². The van der Waals surface area contributed by atoms with Gasteiger partial charge in [-0.2, -0.15) is 13.2 Å². The molecule has 0 atom stereocenters. The van der Waals surface area contributed by atoms with Gasteiger partial charge in [-0.05, 0) is 37.1 Å². The minimum absolute atomic E-state index is 0.0169. The summed E-state index contributed by atoms with van der Waals surface area (Å²) in [4.78, 5) is 37.3. The maximum Gasteiger partial charge on any atom is 0.416 e. The molecule has 6 nitrogen and oxygen atoms in total. The molecule has 0 spiro atoms. The van der Waals surface area contributed by atoms with E-state index in [4.69, 9.17) is 0 Å². The SMILES string of the molecule is Cc1nc(-c2ccncc2)[nH]c(=O)c1CCC(=O)N(C)Cc1ccccc1C(F)(F)F. The van der Waals surface area contributed by atoms with Crippen LogP contribution in [0.5, 0.6) is 0 Å². The first-order valence-corrected chi connectivity index (χ1v) is 9.56. The average Bonchev–Trinajstić information content (AvgIpc) is 2.73. The van der Waals surface area contributed by atoms with Gasteiger partial charge in [-0.15, -0.1) is 0 Å². The predicted octanol–water partition coefficient (Wildman–Crippen LogP) is 3.75. The number of H-pyrrole nitrogens is 1. The van der Waals surface area contributed by atoms with Crippen molar-refractivity contribution in [1.82, 2.24) is 19.9 Å². The second-order valence-electron chi connectivity index (χ2n) is 7.12. The van der Waals surface area contributed by atoms with Crippen LogP contribution in [0.1, 0.15) is 28.8 Å². The molecule has 0 aliphatic heterocycles. The summed E-state index contributed by atoms with van der Waals surface area (Å²) in [5, 5.41) is 0. The van der Waals surface area contributed by atoms with E-state index in [1.807, 2.05) is 0 Å². The predicted molar refractivity (Wildman–Crippen MR) is 109 cm³/mol. The van der Waals surface area contributed by atoms with Crippen molar-refractivity contribution in [2.24, 2.45) is 0 Å². The summed E-state index contributed by atoms with van der Waals surface area (Å²) in [6.45, 7) is 1.51. The number of hydrogen-bond acceptors (Lipinski definition) is 4. The van der Waals surface area contributed by atoms with Crippen LogP contribution in [0.4, 0.5) is 13.2 Å². The molecule has 0 radical (unpaired) electrons. The molecule has 3 rings (SSSR count). The van der Waals surface area contributed by atoms with Crippen molar-refractivity contribution < 1.29 is 18.0 Å². The third-order valence-corrected chi connectivity index (χ3v) is 4.92. The van der Waals surface area contributed by atoms with Crippen molar-refractivity contribution in [2.75, 3.05) is 7.05 Å². The topological polar surface area (TPSA) is 79.0 Å². The number of hydrogen-bond donors (Lipinski definition) is 1. The van der Waals surface area contributed by atoms with E-state index < -0.39 is 11.7 Å². The molecular formula is C22H21F3N4O2. The molecule has 3 aromatic rings. The number of benzene rings is 1. The Morgan fingerprint density at radius 2 is 1.81 bits per heavy atom. The highest BCUT2D eigenvalue weighted by molar-refractivity contribution is 5.76. The quantitative estimate of drug-likeness (QED) is 0.646. The molecule has 162 valence electrons. The second kappa shape index (κ2) is 9.11. The molecule has 1 aromatic carbocycles. The zero-order valence-corrected chi connectivity index (χ0v) is 17.0. The normalized spacial score (nSPS) is 11.4. The van der Waals surface area contributed by atoms with Crippen molar-refractivity contribution in [3.8, 4) is 11.4 Å². The van der Waals surface area contributed by atoms with Crippen LogP contribution in [0.2, 0.25) is 0 Å². The molecule has 0 unspecified atom stereocenters. The fourth-order valence-electron chi connectivity index (χ4n) is 3.25. The number of carbonyl (C=O) groups excluding carboxylic acids is 1.